The largest absolute Gasteiger partial charge is 0.341 e. The zero-order chi connectivity index (χ0) is 15.5. The third-order valence-electron chi connectivity index (χ3n) is 3.89. The van der Waals surface area contributed by atoms with Crippen molar-refractivity contribution in [3.8, 4) is 23.7 Å². The first kappa shape index (κ1) is 14.3. The van der Waals surface area contributed by atoms with E-state index in [2.05, 4.69) is 28.3 Å². The molecule has 112 valence electrons. The van der Waals surface area contributed by atoms with E-state index in [-0.39, 0.29) is 12.5 Å². The summed E-state index contributed by atoms with van der Waals surface area (Å²) in [6.45, 7) is 2.31. The molecule has 1 aromatic heterocycles. The Labute approximate surface area is 129 Å². The maximum atomic E-state index is 11.9. The van der Waals surface area contributed by atoms with Gasteiger partial charge in [-0.15, -0.1) is 6.42 Å². The van der Waals surface area contributed by atoms with Crippen LogP contribution in [0.4, 0.5) is 0 Å². The highest BCUT2D eigenvalue weighted by Gasteiger charge is 2.32. The second-order valence-electron chi connectivity index (χ2n) is 5.55. The maximum Gasteiger partial charge on any atom is 0.252 e. The van der Waals surface area contributed by atoms with Crippen LogP contribution >= 0.6 is 0 Å². The van der Waals surface area contributed by atoms with E-state index >= 15 is 0 Å². The molecule has 0 spiro atoms. The van der Waals surface area contributed by atoms with Gasteiger partial charge < -0.3 is 9.84 Å². The SMILES string of the molecule is C#CCNC(=O)c1cccc(-c2noc([C@@H](C)C3CC3)n2)c1. The normalized spacial score (nSPS) is 15.1. The Balaban J connectivity index is 1.80. The van der Waals surface area contributed by atoms with Gasteiger partial charge in [0.1, 0.15) is 0 Å². The van der Waals surface area contributed by atoms with Crippen molar-refractivity contribution in [2.45, 2.75) is 25.7 Å². The molecule has 0 unspecified atom stereocenters. The molecule has 0 radical (unpaired) electrons. The zero-order valence-electron chi connectivity index (χ0n) is 12.4. The lowest BCUT2D eigenvalue weighted by atomic mass is 10.1. The maximum absolute atomic E-state index is 11.9. The number of amides is 1. The Kier molecular flexibility index (Phi) is 3.92. The summed E-state index contributed by atoms with van der Waals surface area (Å²) in [5, 5.41) is 6.66. The van der Waals surface area contributed by atoms with E-state index in [9.17, 15) is 4.79 Å². The van der Waals surface area contributed by atoms with Gasteiger partial charge >= 0.3 is 0 Å². The predicted molar refractivity (Wildman–Crippen MR) is 82.0 cm³/mol. The lowest BCUT2D eigenvalue weighted by Crippen LogP contribution is -2.23. The molecule has 1 aromatic carbocycles. The van der Waals surface area contributed by atoms with Crippen molar-refractivity contribution >= 4 is 5.91 Å². The fraction of sp³-hybridized carbons (Fsp3) is 0.353. The lowest BCUT2D eigenvalue weighted by molar-refractivity contribution is 0.0958. The summed E-state index contributed by atoms with van der Waals surface area (Å²) in [7, 11) is 0. The summed E-state index contributed by atoms with van der Waals surface area (Å²) in [5.41, 5.74) is 1.28. The minimum Gasteiger partial charge on any atom is -0.341 e. The average Bonchev–Trinajstić information content (AvgIpc) is 3.28. The molecule has 5 heteroatoms. The second-order valence-corrected chi connectivity index (χ2v) is 5.55. The van der Waals surface area contributed by atoms with Crippen LogP contribution in [-0.4, -0.2) is 22.6 Å². The molecule has 2 aromatic rings. The van der Waals surface area contributed by atoms with Crippen LogP contribution in [0.5, 0.6) is 0 Å². The van der Waals surface area contributed by atoms with Crippen LogP contribution in [0.2, 0.25) is 0 Å². The van der Waals surface area contributed by atoms with Gasteiger partial charge in [-0.1, -0.05) is 30.1 Å². The van der Waals surface area contributed by atoms with Crippen LogP contribution in [0.3, 0.4) is 0 Å². The molecular formula is C17H17N3O2. The molecular weight excluding hydrogens is 278 g/mol. The Bertz CT molecular complexity index is 726. The second kappa shape index (κ2) is 6.02. The molecule has 1 aliphatic carbocycles. The van der Waals surface area contributed by atoms with E-state index < -0.39 is 0 Å². The number of hydrogen-bond donors (Lipinski definition) is 1. The molecule has 0 saturated heterocycles. The number of aromatic nitrogens is 2. The van der Waals surface area contributed by atoms with Gasteiger partial charge in [0.25, 0.3) is 5.91 Å². The number of carbonyl (C=O) groups excluding carboxylic acids is 1. The highest BCUT2D eigenvalue weighted by molar-refractivity contribution is 5.95. The van der Waals surface area contributed by atoms with Gasteiger partial charge in [-0.25, -0.2) is 0 Å². The fourth-order valence-electron chi connectivity index (χ4n) is 2.37. The van der Waals surface area contributed by atoms with Gasteiger partial charge in [0.15, 0.2) is 0 Å². The first-order valence-electron chi connectivity index (χ1n) is 7.34. The first-order chi connectivity index (χ1) is 10.7. The zero-order valence-corrected chi connectivity index (χ0v) is 12.4. The summed E-state index contributed by atoms with van der Waals surface area (Å²) < 4.78 is 5.36. The molecule has 1 aliphatic rings. The van der Waals surface area contributed by atoms with E-state index in [1.807, 2.05) is 6.07 Å². The number of benzene rings is 1. The number of terminal acetylenes is 1. The van der Waals surface area contributed by atoms with Crippen LogP contribution in [0.15, 0.2) is 28.8 Å². The molecule has 22 heavy (non-hydrogen) atoms. The van der Waals surface area contributed by atoms with Crippen molar-refractivity contribution in [2.24, 2.45) is 5.92 Å². The van der Waals surface area contributed by atoms with Crippen molar-refractivity contribution in [3.63, 3.8) is 0 Å². The molecule has 1 heterocycles. The minimum atomic E-state index is -0.213. The topological polar surface area (TPSA) is 68.0 Å². The van der Waals surface area contributed by atoms with Gasteiger partial charge in [-0.05, 0) is 30.9 Å². The van der Waals surface area contributed by atoms with Crippen molar-refractivity contribution in [1.29, 1.82) is 0 Å². The number of nitrogens with one attached hydrogen (secondary N) is 1. The van der Waals surface area contributed by atoms with Gasteiger partial charge in [0, 0.05) is 17.0 Å². The molecule has 1 N–H and O–H groups in total. The molecule has 0 aliphatic heterocycles. The number of hydrogen-bond acceptors (Lipinski definition) is 4. The quantitative estimate of drug-likeness (QED) is 0.861. The van der Waals surface area contributed by atoms with Crippen molar-refractivity contribution in [3.05, 3.63) is 35.7 Å². The van der Waals surface area contributed by atoms with Gasteiger partial charge in [-0.2, -0.15) is 4.98 Å². The highest BCUT2D eigenvalue weighted by atomic mass is 16.5. The van der Waals surface area contributed by atoms with Gasteiger partial charge in [-0.3, -0.25) is 4.79 Å². The standard InChI is InChI=1S/C17H17N3O2/c1-3-9-18-16(21)14-6-4-5-13(10-14)15-19-17(22-20-15)11(2)12-7-8-12/h1,4-6,10-12H,7-9H2,2H3,(H,18,21)/t11-/m0/s1. The summed E-state index contributed by atoms with van der Waals surface area (Å²) in [4.78, 5) is 16.4. The van der Waals surface area contributed by atoms with Crippen LogP contribution in [0.1, 0.15) is 41.9 Å². The van der Waals surface area contributed by atoms with Crippen molar-refractivity contribution in [2.75, 3.05) is 6.54 Å². The van der Waals surface area contributed by atoms with E-state index in [4.69, 9.17) is 10.9 Å². The van der Waals surface area contributed by atoms with Crippen LogP contribution < -0.4 is 5.32 Å². The van der Waals surface area contributed by atoms with E-state index in [1.165, 1.54) is 12.8 Å². The van der Waals surface area contributed by atoms with Crippen LogP contribution in [-0.2, 0) is 0 Å². The van der Waals surface area contributed by atoms with Gasteiger partial charge in [0.2, 0.25) is 11.7 Å². The number of nitrogens with zero attached hydrogens (tertiary/aromatic N) is 2. The monoisotopic (exact) mass is 295 g/mol. The Morgan fingerprint density at radius 2 is 2.36 bits per heavy atom. The highest BCUT2D eigenvalue weighted by Crippen LogP contribution is 2.41. The smallest absolute Gasteiger partial charge is 0.252 e. The van der Waals surface area contributed by atoms with E-state index in [0.717, 1.165) is 5.56 Å². The van der Waals surface area contributed by atoms with Gasteiger partial charge in [0.05, 0.1) is 6.54 Å². The Morgan fingerprint density at radius 1 is 1.55 bits per heavy atom. The number of rotatable bonds is 5. The molecule has 3 rings (SSSR count). The summed E-state index contributed by atoms with van der Waals surface area (Å²) >= 11 is 0. The average molecular weight is 295 g/mol. The predicted octanol–water partition coefficient (Wildman–Crippen LogP) is 2.61. The Morgan fingerprint density at radius 3 is 3.09 bits per heavy atom. The molecule has 0 bridgehead atoms. The molecule has 5 nitrogen and oxygen atoms in total. The summed E-state index contributed by atoms with van der Waals surface area (Å²) in [6, 6.07) is 7.11. The molecule has 1 fully saturated rings. The third kappa shape index (κ3) is 3.01. The van der Waals surface area contributed by atoms with Crippen LogP contribution in [0, 0.1) is 18.3 Å². The minimum absolute atomic E-state index is 0.203. The fourth-order valence-corrected chi connectivity index (χ4v) is 2.37. The molecule has 1 saturated carbocycles. The van der Waals surface area contributed by atoms with Crippen molar-refractivity contribution < 1.29 is 9.32 Å². The molecule has 1 atom stereocenters. The Hall–Kier alpha value is -2.61. The van der Waals surface area contributed by atoms with E-state index in [0.29, 0.717) is 29.1 Å². The summed E-state index contributed by atoms with van der Waals surface area (Å²) in [6.07, 6.45) is 7.59. The third-order valence-corrected chi connectivity index (χ3v) is 3.89. The van der Waals surface area contributed by atoms with E-state index in [1.54, 1.807) is 18.2 Å². The summed E-state index contributed by atoms with van der Waals surface area (Å²) in [5.74, 6) is 4.29. The first-order valence-corrected chi connectivity index (χ1v) is 7.34. The van der Waals surface area contributed by atoms with Crippen LogP contribution in [0.25, 0.3) is 11.4 Å². The number of carbonyl (C=O) groups is 1. The van der Waals surface area contributed by atoms with Crippen molar-refractivity contribution in [1.82, 2.24) is 15.5 Å². The lowest BCUT2D eigenvalue weighted by Gasteiger charge is -2.03. The molecule has 1 amide bonds.